The molecule has 0 atom stereocenters. The van der Waals surface area contributed by atoms with Crippen molar-refractivity contribution in [1.82, 2.24) is 0 Å². The van der Waals surface area contributed by atoms with Gasteiger partial charge in [0.25, 0.3) is 0 Å². The van der Waals surface area contributed by atoms with Gasteiger partial charge in [0.15, 0.2) is 0 Å². The summed E-state index contributed by atoms with van der Waals surface area (Å²) in [5.41, 5.74) is 2.98. The van der Waals surface area contributed by atoms with Crippen molar-refractivity contribution in [3.63, 3.8) is 0 Å². The van der Waals surface area contributed by atoms with E-state index in [9.17, 15) is 9.59 Å². The van der Waals surface area contributed by atoms with E-state index in [0.717, 1.165) is 30.4 Å². The summed E-state index contributed by atoms with van der Waals surface area (Å²) in [7, 11) is 0. The van der Waals surface area contributed by atoms with Gasteiger partial charge in [-0.15, -0.1) is 0 Å². The molecule has 0 amide bonds. The highest BCUT2D eigenvalue weighted by molar-refractivity contribution is 6.15. The third-order valence-electron chi connectivity index (χ3n) is 3.44. The molecule has 3 nitrogen and oxygen atoms in total. The number of hydrogen-bond acceptors (Lipinski definition) is 3. The monoisotopic (exact) mass is 246 g/mol. The molecule has 0 aromatic heterocycles. The summed E-state index contributed by atoms with van der Waals surface area (Å²) in [4.78, 5) is 23.2. The Kier molecular flexibility index (Phi) is 3.80. The highest BCUT2D eigenvalue weighted by atomic mass is 16.6. The van der Waals surface area contributed by atoms with Gasteiger partial charge >= 0.3 is 11.9 Å². The molecule has 1 aliphatic heterocycles. The molecule has 0 saturated carbocycles. The van der Waals surface area contributed by atoms with E-state index in [1.54, 1.807) is 6.07 Å². The largest absolute Gasteiger partial charge is 0.386 e. The molecule has 0 unspecified atom stereocenters. The van der Waals surface area contributed by atoms with Crippen LogP contribution in [-0.4, -0.2) is 11.9 Å². The van der Waals surface area contributed by atoms with Gasteiger partial charge in [-0.25, -0.2) is 9.59 Å². The minimum atomic E-state index is -0.509. The predicted molar refractivity (Wildman–Crippen MR) is 68.8 cm³/mol. The molecule has 0 fully saturated rings. The zero-order valence-electron chi connectivity index (χ0n) is 10.9. The number of carbonyl (C=O) groups is 2. The summed E-state index contributed by atoms with van der Waals surface area (Å²) in [6.45, 7) is 4.15. The number of unbranched alkanes of at least 4 members (excludes halogenated alkanes) is 3. The fourth-order valence-corrected chi connectivity index (χ4v) is 2.40. The van der Waals surface area contributed by atoms with Crippen LogP contribution in [0.2, 0.25) is 0 Å². The van der Waals surface area contributed by atoms with Crippen molar-refractivity contribution < 1.29 is 14.3 Å². The Bertz CT molecular complexity index is 489. The number of cyclic esters (lactones) is 2. The lowest BCUT2D eigenvalue weighted by Gasteiger charge is -2.08. The molecule has 2 rings (SSSR count). The van der Waals surface area contributed by atoms with Crippen molar-refractivity contribution in [1.29, 1.82) is 0 Å². The van der Waals surface area contributed by atoms with E-state index in [2.05, 4.69) is 11.7 Å². The summed E-state index contributed by atoms with van der Waals surface area (Å²) in [6, 6.07) is 3.58. The minimum Gasteiger partial charge on any atom is -0.386 e. The fourth-order valence-electron chi connectivity index (χ4n) is 2.40. The normalized spacial score (nSPS) is 13.7. The lowest BCUT2D eigenvalue weighted by molar-refractivity contribution is 0.0443. The van der Waals surface area contributed by atoms with Crippen molar-refractivity contribution in [3.8, 4) is 0 Å². The molecule has 1 aromatic carbocycles. The van der Waals surface area contributed by atoms with E-state index in [1.165, 1.54) is 12.8 Å². The number of ether oxygens (including phenoxy) is 1. The SMILES string of the molecule is CCCCCCc1c(C)ccc2c1C(=O)OC2=O. The van der Waals surface area contributed by atoms with Crippen LogP contribution in [-0.2, 0) is 11.2 Å². The molecule has 0 radical (unpaired) electrons. The predicted octanol–water partition coefficient (Wildman–Crippen LogP) is 3.43. The molecule has 0 bridgehead atoms. The molecule has 18 heavy (non-hydrogen) atoms. The van der Waals surface area contributed by atoms with Gasteiger partial charge in [-0.3, -0.25) is 0 Å². The molecule has 0 saturated heterocycles. The molecular weight excluding hydrogens is 228 g/mol. The first-order chi connectivity index (χ1) is 8.65. The third kappa shape index (κ3) is 2.30. The molecule has 1 aliphatic rings. The second-order valence-corrected chi connectivity index (χ2v) is 4.77. The number of aryl methyl sites for hydroxylation is 1. The third-order valence-corrected chi connectivity index (χ3v) is 3.44. The van der Waals surface area contributed by atoms with Crippen LogP contribution in [0.25, 0.3) is 0 Å². The lowest BCUT2D eigenvalue weighted by atomic mass is 9.93. The van der Waals surface area contributed by atoms with Gasteiger partial charge in [0.1, 0.15) is 0 Å². The number of hydrogen-bond donors (Lipinski definition) is 0. The Labute approximate surface area is 107 Å². The van der Waals surface area contributed by atoms with Gasteiger partial charge in [0, 0.05) is 0 Å². The van der Waals surface area contributed by atoms with Gasteiger partial charge in [-0.05, 0) is 37.0 Å². The van der Waals surface area contributed by atoms with Gasteiger partial charge in [0.05, 0.1) is 11.1 Å². The first-order valence-corrected chi connectivity index (χ1v) is 6.54. The minimum absolute atomic E-state index is 0.427. The quantitative estimate of drug-likeness (QED) is 0.454. The lowest BCUT2D eigenvalue weighted by Crippen LogP contribution is -2.03. The van der Waals surface area contributed by atoms with Crippen LogP contribution in [0.5, 0.6) is 0 Å². The first kappa shape index (κ1) is 12.8. The Balaban J connectivity index is 2.24. The van der Waals surface area contributed by atoms with Crippen LogP contribution in [0.15, 0.2) is 12.1 Å². The molecule has 1 aromatic rings. The maximum atomic E-state index is 11.7. The zero-order chi connectivity index (χ0) is 13.1. The van der Waals surface area contributed by atoms with E-state index in [-0.39, 0.29) is 0 Å². The first-order valence-electron chi connectivity index (χ1n) is 6.54. The number of benzene rings is 1. The van der Waals surface area contributed by atoms with Crippen molar-refractivity contribution in [2.45, 2.75) is 46.0 Å². The Hall–Kier alpha value is -1.64. The van der Waals surface area contributed by atoms with Gasteiger partial charge in [-0.2, -0.15) is 0 Å². The van der Waals surface area contributed by atoms with Crippen molar-refractivity contribution in [2.24, 2.45) is 0 Å². The maximum absolute atomic E-state index is 11.7. The maximum Gasteiger partial charge on any atom is 0.347 e. The highest BCUT2D eigenvalue weighted by Crippen LogP contribution is 2.27. The molecule has 3 heteroatoms. The van der Waals surface area contributed by atoms with Crippen molar-refractivity contribution in [3.05, 3.63) is 34.4 Å². The number of rotatable bonds is 5. The Morgan fingerprint density at radius 2 is 1.83 bits per heavy atom. The number of fused-ring (bicyclic) bond motifs is 1. The summed E-state index contributed by atoms with van der Waals surface area (Å²) in [5, 5.41) is 0. The fraction of sp³-hybridized carbons (Fsp3) is 0.467. The highest BCUT2D eigenvalue weighted by Gasteiger charge is 2.32. The molecule has 0 N–H and O–H groups in total. The van der Waals surface area contributed by atoms with Crippen molar-refractivity contribution >= 4 is 11.9 Å². The Morgan fingerprint density at radius 3 is 2.56 bits per heavy atom. The second kappa shape index (κ2) is 5.34. The van der Waals surface area contributed by atoms with Crippen LogP contribution in [0.3, 0.4) is 0 Å². The molecule has 1 heterocycles. The summed E-state index contributed by atoms with van der Waals surface area (Å²) >= 11 is 0. The topological polar surface area (TPSA) is 43.4 Å². The van der Waals surface area contributed by atoms with E-state index in [1.807, 2.05) is 13.0 Å². The van der Waals surface area contributed by atoms with E-state index in [4.69, 9.17) is 0 Å². The van der Waals surface area contributed by atoms with Crippen LogP contribution >= 0.6 is 0 Å². The van der Waals surface area contributed by atoms with E-state index in [0.29, 0.717) is 11.1 Å². The summed E-state index contributed by atoms with van der Waals surface area (Å²) in [5.74, 6) is -0.992. The smallest absolute Gasteiger partial charge is 0.347 e. The van der Waals surface area contributed by atoms with Gasteiger partial charge in [0.2, 0.25) is 0 Å². The van der Waals surface area contributed by atoms with Crippen LogP contribution in [0.1, 0.15) is 64.4 Å². The standard InChI is InChI=1S/C15H18O3/c1-3-4-5-6-7-11-10(2)8-9-12-13(11)15(17)18-14(12)16/h8-9H,3-7H2,1-2H3. The zero-order valence-corrected chi connectivity index (χ0v) is 10.9. The van der Waals surface area contributed by atoms with E-state index >= 15 is 0 Å². The van der Waals surface area contributed by atoms with Crippen LogP contribution in [0.4, 0.5) is 0 Å². The average molecular weight is 246 g/mol. The van der Waals surface area contributed by atoms with Crippen molar-refractivity contribution in [2.75, 3.05) is 0 Å². The molecule has 96 valence electrons. The van der Waals surface area contributed by atoms with E-state index < -0.39 is 11.9 Å². The molecular formula is C15H18O3. The summed E-state index contributed by atoms with van der Waals surface area (Å²) < 4.78 is 4.68. The van der Waals surface area contributed by atoms with Crippen LogP contribution in [0, 0.1) is 6.92 Å². The summed E-state index contributed by atoms with van der Waals surface area (Å²) in [6.07, 6.45) is 5.44. The number of esters is 2. The van der Waals surface area contributed by atoms with Gasteiger partial charge < -0.3 is 4.74 Å². The van der Waals surface area contributed by atoms with Gasteiger partial charge in [-0.1, -0.05) is 32.3 Å². The Morgan fingerprint density at radius 1 is 1.06 bits per heavy atom. The molecule has 0 spiro atoms. The number of carbonyl (C=O) groups excluding carboxylic acids is 2. The molecule has 0 aliphatic carbocycles. The van der Waals surface area contributed by atoms with Crippen LogP contribution < -0.4 is 0 Å². The average Bonchev–Trinajstić information content (AvgIpc) is 2.63. The second-order valence-electron chi connectivity index (χ2n) is 4.77.